The van der Waals surface area contributed by atoms with E-state index in [2.05, 4.69) is 20.4 Å². The van der Waals surface area contributed by atoms with E-state index < -0.39 is 0 Å². The van der Waals surface area contributed by atoms with Gasteiger partial charge in [-0.3, -0.25) is 0 Å². The molecule has 4 nitrogen and oxygen atoms in total. The Morgan fingerprint density at radius 1 is 1.27 bits per heavy atom. The number of aromatic nitrogens is 2. The second kappa shape index (κ2) is 3.72. The summed E-state index contributed by atoms with van der Waals surface area (Å²) in [5.74, 6) is 0. The highest BCUT2D eigenvalue weighted by atomic mass is 32.1. The van der Waals surface area contributed by atoms with Crippen molar-refractivity contribution in [1.82, 2.24) is 15.5 Å². The fourth-order valence-corrected chi connectivity index (χ4v) is 3.52. The van der Waals surface area contributed by atoms with Crippen LogP contribution in [0.25, 0.3) is 0 Å². The summed E-state index contributed by atoms with van der Waals surface area (Å²) in [5.41, 5.74) is 0. The van der Waals surface area contributed by atoms with E-state index >= 15 is 0 Å². The lowest BCUT2D eigenvalue weighted by molar-refractivity contribution is 0.567. The number of hydrogen-bond acceptors (Lipinski definition) is 5. The Bertz CT molecular complexity index is 337. The summed E-state index contributed by atoms with van der Waals surface area (Å²) in [4.78, 5) is 2.50. The maximum atomic E-state index is 4.29. The number of nitrogens with one attached hydrogen (secondary N) is 1. The Hall–Kier alpha value is -0.680. The van der Waals surface area contributed by atoms with Crippen molar-refractivity contribution in [3.8, 4) is 0 Å². The van der Waals surface area contributed by atoms with E-state index in [0.717, 1.165) is 23.2 Å². The van der Waals surface area contributed by atoms with Crippen LogP contribution in [0.1, 0.15) is 24.3 Å². The van der Waals surface area contributed by atoms with Gasteiger partial charge >= 0.3 is 0 Å². The van der Waals surface area contributed by atoms with E-state index in [1.165, 1.54) is 19.3 Å². The maximum Gasteiger partial charge on any atom is 0.208 e. The third-order valence-electron chi connectivity index (χ3n) is 3.39. The maximum absolute atomic E-state index is 4.29. The second-order valence-electron chi connectivity index (χ2n) is 4.39. The topological polar surface area (TPSA) is 41.1 Å². The van der Waals surface area contributed by atoms with Gasteiger partial charge in [-0.15, -0.1) is 10.2 Å². The number of nitrogens with zero attached hydrogens (tertiary/aromatic N) is 3. The zero-order valence-corrected chi connectivity index (χ0v) is 9.76. The van der Waals surface area contributed by atoms with Gasteiger partial charge in [0.15, 0.2) is 0 Å². The summed E-state index contributed by atoms with van der Waals surface area (Å²) in [5, 5.41) is 14.1. The van der Waals surface area contributed by atoms with Crippen molar-refractivity contribution < 1.29 is 0 Å². The van der Waals surface area contributed by atoms with E-state index in [1.54, 1.807) is 11.3 Å². The van der Waals surface area contributed by atoms with Crippen LogP contribution >= 0.6 is 11.3 Å². The highest BCUT2D eigenvalue weighted by Gasteiger charge is 2.36. The van der Waals surface area contributed by atoms with Crippen LogP contribution in [0.5, 0.6) is 0 Å². The van der Waals surface area contributed by atoms with Gasteiger partial charge in [0.05, 0.1) is 0 Å². The fourth-order valence-electron chi connectivity index (χ4n) is 2.69. The number of fused-ring (bicyclic) bond motifs is 2. The molecule has 2 aliphatic rings. The molecule has 0 saturated carbocycles. The minimum Gasteiger partial charge on any atom is -0.339 e. The van der Waals surface area contributed by atoms with Crippen LogP contribution in [0.4, 0.5) is 5.13 Å². The van der Waals surface area contributed by atoms with E-state index in [0.29, 0.717) is 12.1 Å². The van der Waals surface area contributed by atoms with Crippen LogP contribution < -0.4 is 10.2 Å². The third-order valence-corrected chi connectivity index (χ3v) is 4.24. The summed E-state index contributed by atoms with van der Waals surface area (Å²) in [6.45, 7) is 4.28. The average Bonchev–Trinajstić information content (AvgIpc) is 2.69. The number of aryl methyl sites for hydroxylation is 1. The van der Waals surface area contributed by atoms with Gasteiger partial charge in [0.1, 0.15) is 5.01 Å². The molecule has 2 unspecified atom stereocenters. The van der Waals surface area contributed by atoms with E-state index in [9.17, 15) is 0 Å². The molecule has 1 aromatic heterocycles. The molecule has 0 spiro atoms. The molecule has 3 heterocycles. The van der Waals surface area contributed by atoms with E-state index in [1.807, 2.05) is 6.92 Å². The first-order chi connectivity index (χ1) is 7.34. The average molecular weight is 224 g/mol. The van der Waals surface area contributed by atoms with Crippen LogP contribution in [-0.4, -0.2) is 35.4 Å². The Kier molecular flexibility index (Phi) is 2.36. The molecule has 0 aliphatic carbocycles. The van der Waals surface area contributed by atoms with Crippen LogP contribution in [-0.2, 0) is 0 Å². The Balaban J connectivity index is 1.90. The minimum atomic E-state index is 0.643. The Morgan fingerprint density at radius 2 is 2.13 bits per heavy atom. The SMILES string of the molecule is Cc1nnc(N2C3CCNCC2CC3)s1. The molecular formula is C10H16N4S. The summed E-state index contributed by atoms with van der Waals surface area (Å²) in [6, 6.07) is 1.34. The predicted octanol–water partition coefficient (Wildman–Crippen LogP) is 1.18. The molecular weight excluding hydrogens is 208 g/mol. The molecule has 82 valence electrons. The zero-order chi connectivity index (χ0) is 10.3. The van der Waals surface area contributed by atoms with Crippen molar-refractivity contribution in [1.29, 1.82) is 0 Å². The van der Waals surface area contributed by atoms with Gasteiger partial charge in [-0.25, -0.2) is 0 Å². The first kappa shape index (κ1) is 9.54. The first-order valence-corrected chi connectivity index (χ1v) is 6.45. The van der Waals surface area contributed by atoms with Crippen LogP contribution in [0.3, 0.4) is 0 Å². The smallest absolute Gasteiger partial charge is 0.208 e. The molecule has 2 fully saturated rings. The van der Waals surface area contributed by atoms with Crippen molar-refractivity contribution in [2.75, 3.05) is 18.0 Å². The monoisotopic (exact) mass is 224 g/mol. The second-order valence-corrected chi connectivity index (χ2v) is 5.55. The largest absolute Gasteiger partial charge is 0.339 e. The zero-order valence-electron chi connectivity index (χ0n) is 8.94. The van der Waals surface area contributed by atoms with Gasteiger partial charge in [-0.1, -0.05) is 11.3 Å². The summed E-state index contributed by atoms with van der Waals surface area (Å²) >= 11 is 1.73. The molecule has 2 bridgehead atoms. The molecule has 15 heavy (non-hydrogen) atoms. The minimum absolute atomic E-state index is 0.643. The van der Waals surface area contributed by atoms with Crippen LogP contribution in [0.15, 0.2) is 0 Å². The molecule has 0 aromatic carbocycles. The molecule has 1 aromatic rings. The Morgan fingerprint density at radius 3 is 2.93 bits per heavy atom. The normalized spacial score (nSPS) is 30.6. The molecule has 2 saturated heterocycles. The summed E-state index contributed by atoms with van der Waals surface area (Å²) < 4.78 is 0. The van der Waals surface area contributed by atoms with Crippen molar-refractivity contribution in [3.05, 3.63) is 5.01 Å². The number of rotatable bonds is 1. The van der Waals surface area contributed by atoms with Gasteiger partial charge in [-0.05, 0) is 32.7 Å². The molecule has 3 rings (SSSR count). The first-order valence-electron chi connectivity index (χ1n) is 5.64. The number of hydrogen-bond donors (Lipinski definition) is 1. The molecule has 2 aliphatic heterocycles. The Labute approximate surface area is 93.7 Å². The molecule has 1 N–H and O–H groups in total. The van der Waals surface area contributed by atoms with Gasteiger partial charge in [-0.2, -0.15) is 0 Å². The lowest BCUT2D eigenvalue weighted by Crippen LogP contribution is -2.37. The van der Waals surface area contributed by atoms with Gasteiger partial charge in [0.2, 0.25) is 5.13 Å². The molecule has 0 radical (unpaired) electrons. The lowest BCUT2D eigenvalue weighted by Gasteiger charge is -2.26. The third kappa shape index (κ3) is 1.63. The highest BCUT2D eigenvalue weighted by molar-refractivity contribution is 7.15. The van der Waals surface area contributed by atoms with E-state index in [4.69, 9.17) is 0 Å². The van der Waals surface area contributed by atoms with Crippen LogP contribution in [0.2, 0.25) is 0 Å². The van der Waals surface area contributed by atoms with Gasteiger partial charge < -0.3 is 10.2 Å². The van der Waals surface area contributed by atoms with Crippen molar-refractivity contribution in [3.63, 3.8) is 0 Å². The van der Waals surface area contributed by atoms with Crippen LogP contribution in [0, 0.1) is 6.92 Å². The standard InChI is InChI=1S/C10H16N4S/c1-7-12-13-10(15-7)14-8-2-3-9(14)6-11-5-4-8/h8-9,11H,2-6H2,1H3. The summed E-state index contributed by atoms with van der Waals surface area (Å²) in [6.07, 6.45) is 3.87. The quantitative estimate of drug-likeness (QED) is 0.777. The highest BCUT2D eigenvalue weighted by Crippen LogP contribution is 2.34. The van der Waals surface area contributed by atoms with Crippen molar-refractivity contribution in [2.24, 2.45) is 0 Å². The lowest BCUT2D eigenvalue weighted by atomic mass is 10.1. The van der Waals surface area contributed by atoms with Gasteiger partial charge in [0, 0.05) is 18.6 Å². The van der Waals surface area contributed by atoms with Crippen molar-refractivity contribution in [2.45, 2.75) is 38.3 Å². The van der Waals surface area contributed by atoms with E-state index in [-0.39, 0.29) is 0 Å². The van der Waals surface area contributed by atoms with Crippen molar-refractivity contribution >= 4 is 16.5 Å². The molecule has 0 amide bonds. The molecule has 2 atom stereocenters. The number of anilines is 1. The summed E-state index contributed by atoms with van der Waals surface area (Å²) in [7, 11) is 0. The molecule has 5 heteroatoms. The predicted molar refractivity (Wildman–Crippen MR) is 61.4 cm³/mol. The van der Waals surface area contributed by atoms with Gasteiger partial charge in [0.25, 0.3) is 0 Å². The fraction of sp³-hybridized carbons (Fsp3) is 0.800.